The molecular formula is C17H26FNO2. The lowest BCUT2D eigenvalue weighted by Gasteiger charge is -2.23. The van der Waals surface area contributed by atoms with Crippen molar-refractivity contribution in [3.05, 3.63) is 29.6 Å². The van der Waals surface area contributed by atoms with Crippen molar-refractivity contribution in [1.29, 1.82) is 0 Å². The number of nitrogens with one attached hydrogen (secondary N) is 1. The van der Waals surface area contributed by atoms with Gasteiger partial charge >= 0.3 is 0 Å². The van der Waals surface area contributed by atoms with Gasteiger partial charge in [0.25, 0.3) is 0 Å². The number of hydrogen-bond donors (Lipinski definition) is 2. The highest BCUT2D eigenvalue weighted by molar-refractivity contribution is 5.34. The fourth-order valence-corrected chi connectivity index (χ4v) is 2.76. The minimum absolute atomic E-state index is 0.178. The summed E-state index contributed by atoms with van der Waals surface area (Å²) in [6.07, 6.45) is 5.35. The Morgan fingerprint density at radius 2 is 2.10 bits per heavy atom. The van der Waals surface area contributed by atoms with Gasteiger partial charge in [-0.2, -0.15) is 0 Å². The van der Waals surface area contributed by atoms with Crippen LogP contribution < -0.4 is 10.1 Å². The number of halogens is 1. The third-order valence-electron chi connectivity index (χ3n) is 3.96. The van der Waals surface area contributed by atoms with Gasteiger partial charge < -0.3 is 15.2 Å². The monoisotopic (exact) mass is 295 g/mol. The van der Waals surface area contributed by atoms with Crippen molar-refractivity contribution in [3.63, 3.8) is 0 Å². The van der Waals surface area contributed by atoms with E-state index in [1.165, 1.54) is 12.1 Å². The number of benzene rings is 1. The molecule has 1 aliphatic rings. The molecule has 1 fully saturated rings. The summed E-state index contributed by atoms with van der Waals surface area (Å²) in [4.78, 5) is 0. The summed E-state index contributed by atoms with van der Waals surface area (Å²) in [5.74, 6) is 0.433. The van der Waals surface area contributed by atoms with Crippen LogP contribution in [0.3, 0.4) is 0 Å². The second-order valence-corrected chi connectivity index (χ2v) is 5.79. The summed E-state index contributed by atoms with van der Waals surface area (Å²) in [6.45, 7) is 3.57. The molecule has 2 unspecified atom stereocenters. The van der Waals surface area contributed by atoms with Gasteiger partial charge in [0, 0.05) is 12.1 Å². The largest absolute Gasteiger partial charge is 0.487 e. The molecule has 118 valence electrons. The van der Waals surface area contributed by atoms with Crippen LogP contribution >= 0.6 is 0 Å². The van der Waals surface area contributed by atoms with Crippen molar-refractivity contribution in [2.45, 2.75) is 64.2 Å². The van der Waals surface area contributed by atoms with E-state index in [1.807, 2.05) is 0 Å². The Kier molecular flexibility index (Phi) is 6.46. The van der Waals surface area contributed by atoms with Crippen LogP contribution in [0.1, 0.15) is 51.0 Å². The Labute approximate surface area is 126 Å². The maximum Gasteiger partial charge on any atom is 0.124 e. The molecule has 2 atom stereocenters. The predicted octanol–water partition coefficient (Wildman–Crippen LogP) is 3.40. The van der Waals surface area contributed by atoms with Gasteiger partial charge in [-0.05, 0) is 50.4 Å². The molecule has 21 heavy (non-hydrogen) atoms. The average Bonchev–Trinajstić information content (AvgIpc) is 2.67. The highest BCUT2D eigenvalue weighted by atomic mass is 19.1. The van der Waals surface area contributed by atoms with Crippen LogP contribution in [0.2, 0.25) is 0 Å². The molecule has 2 N–H and O–H groups in total. The van der Waals surface area contributed by atoms with Gasteiger partial charge in [0.05, 0.1) is 6.10 Å². The molecule has 4 heteroatoms. The fraction of sp³-hybridized carbons (Fsp3) is 0.647. The molecular weight excluding hydrogens is 269 g/mol. The SMILES string of the molecule is CCCNCc1cc(F)ccc1OC1CCCCCC1O. The Morgan fingerprint density at radius 3 is 2.90 bits per heavy atom. The Hall–Kier alpha value is -1.13. The van der Waals surface area contributed by atoms with Crippen molar-refractivity contribution in [2.24, 2.45) is 0 Å². The molecule has 1 aliphatic carbocycles. The average molecular weight is 295 g/mol. The molecule has 0 radical (unpaired) electrons. The number of hydrogen-bond acceptors (Lipinski definition) is 3. The minimum Gasteiger partial charge on any atom is -0.487 e. The van der Waals surface area contributed by atoms with Gasteiger partial charge in [-0.1, -0.05) is 19.8 Å². The molecule has 0 heterocycles. The number of aliphatic hydroxyl groups is 1. The summed E-state index contributed by atoms with van der Waals surface area (Å²) >= 11 is 0. The van der Waals surface area contributed by atoms with Crippen LogP contribution in [-0.4, -0.2) is 23.9 Å². The molecule has 0 aliphatic heterocycles. The van der Waals surface area contributed by atoms with E-state index in [-0.39, 0.29) is 11.9 Å². The lowest BCUT2D eigenvalue weighted by molar-refractivity contribution is 0.0313. The first-order chi connectivity index (χ1) is 10.2. The molecule has 1 saturated carbocycles. The van der Waals surface area contributed by atoms with Crippen LogP contribution in [0.5, 0.6) is 5.75 Å². The van der Waals surface area contributed by atoms with E-state index < -0.39 is 6.10 Å². The van der Waals surface area contributed by atoms with Crippen LogP contribution in [0.15, 0.2) is 18.2 Å². The second-order valence-electron chi connectivity index (χ2n) is 5.79. The predicted molar refractivity (Wildman–Crippen MR) is 81.9 cm³/mol. The summed E-state index contributed by atoms with van der Waals surface area (Å²) in [5.41, 5.74) is 0.819. The molecule has 0 saturated heterocycles. The van der Waals surface area contributed by atoms with E-state index in [1.54, 1.807) is 6.07 Å². The lowest BCUT2D eigenvalue weighted by Crippen LogP contribution is -2.31. The summed E-state index contributed by atoms with van der Waals surface area (Å²) in [6, 6.07) is 4.61. The maximum absolute atomic E-state index is 13.4. The fourth-order valence-electron chi connectivity index (χ4n) is 2.76. The van der Waals surface area contributed by atoms with Crippen molar-refractivity contribution < 1.29 is 14.2 Å². The first-order valence-corrected chi connectivity index (χ1v) is 8.04. The van der Waals surface area contributed by atoms with Crippen molar-refractivity contribution >= 4 is 0 Å². The molecule has 1 aromatic carbocycles. The van der Waals surface area contributed by atoms with Gasteiger partial charge in [0.2, 0.25) is 0 Å². The van der Waals surface area contributed by atoms with E-state index in [0.717, 1.165) is 50.6 Å². The van der Waals surface area contributed by atoms with Gasteiger partial charge in [0.1, 0.15) is 17.7 Å². The molecule has 0 spiro atoms. The zero-order valence-electron chi connectivity index (χ0n) is 12.8. The topological polar surface area (TPSA) is 41.5 Å². The van der Waals surface area contributed by atoms with Gasteiger partial charge in [0.15, 0.2) is 0 Å². The van der Waals surface area contributed by atoms with E-state index in [0.29, 0.717) is 12.3 Å². The molecule has 3 nitrogen and oxygen atoms in total. The highest BCUT2D eigenvalue weighted by Gasteiger charge is 2.24. The van der Waals surface area contributed by atoms with Crippen molar-refractivity contribution in [1.82, 2.24) is 5.32 Å². The number of ether oxygens (including phenoxy) is 1. The Bertz CT molecular complexity index is 439. The normalized spacial score (nSPS) is 22.8. The second kappa shape index (κ2) is 8.35. The molecule has 0 amide bonds. The third-order valence-corrected chi connectivity index (χ3v) is 3.96. The number of rotatable bonds is 6. The van der Waals surface area contributed by atoms with E-state index in [9.17, 15) is 9.50 Å². The molecule has 0 aromatic heterocycles. The first-order valence-electron chi connectivity index (χ1n) is 8.04. The number of aliphatic hydroxyl groups excluding tert-OH is 1. The minimum atomic E-state index is -0.422. The van der Waals surface area contributed by atoms with Gasteiger partial charge in [-0.15, -0.1) is 0 Å². The zero-order valence-corrected chi connectivity index (χ0v) is 12.8. The van der Waals surface area contributed by atoms with E-state index in [2.05, 4.69) is 12.2 Å². The molecule has 0 bridgehead atoms. The van der Waals surface area contributed by atoms with E-state index >= 15 is 0 Å². The maximum atomic E-state index is 13.4. The lowest BCUT2D eigenvalue weighted by atomic mass is 10.1. The standard InChI is InChI=1S/C17H26FNO2/c1-2-10-19-12-13-11-14(18)8-9-16(13)21-17-7-5-3-4-6-15(17)20/h8-9,11,15,17,19-20H,2-7,10,12H2,1H3. The zero-order chi connectivity index (χ0) is 15.1. The van der Waals surface area contributed by atoms with Crippen LogP contribution in [0.25, 0.3) is 0 Å². The van der Waals surface area contributed by atoms with Gasteiger partial charge in [-0.25, -0.2) is 4.39 Å². The smallest absolute Gasteiger partial charge is 0.124 e. The summed E-state index contributed by atoms with van der Waals surface area (Å²) in [7, 11) is 0. The molecule has 1 aromatic rings. The molecule has 2 rings (SSSR count). The third kappa shape index (κ3) is 4.97. The summed E-state index contributed by atoms with van der Waals surface area (Å²) < 4.78 is 19.5. The summed E-state index contributed by atoms with van der Waals surface area (Å²) in [5, 5.41) is 13.4. The van der Waals surface area contributed by atoms with Crippen molar-refractivity contribution in [3.8, 4) is 5.75 Å². The Morgan fingerprint density at radius 1 is 1.29 bits per heavy atom. The van der Waals surface area contributed by atoms with E-state index in [4.69, 9.17) is 4.74 Å². The quantitative estimate of drug-likeness (QED) is 0.624. The Balaban J connectivity index is 2.06. The highest BCUT2D eigenvalue weighted by Crippen LogP contribution is 2.26. The van der Waals surface area contributed by atoms with Gasteiger partial charge in [-0.3, -0.25) is 0 Å². The van der Waals surface area contributed by atoms with Crippen LogP contribution in [-0.2, 0) is 6.54 Å². The van der Waals surface area contributed by atoms with Crippen molar-refractivity contribution in [2.75, 3.05) is 6.54 Å². The van der Waals surface area contributed by atoms with Crippen LogP contribution in [0, 0.1) is 5.82 Å². The van der Waals surface area contributed by atoms with Crippen LogP contribution in [0.4, 0.5) is 4.39 Å². The first kappa shape index (κ1) is 16.2.